The molecule has 6 heteroatoms. The van der Waals surface area contributed by atoms with Gasteiger partial charge in [-0.2, -0.15) is 0 Å². The molecular formula is C19H22N3OS2+. The summed E-state index contributed by atoms with van der Waals surface area (Å²) >= 11 is 3.34. The molecule has 1 atom stereocenters. The van der Waals surface area contributed by atoms with E-state index in [1.54, 1.807) is 28.0 Å². The van der Waals surface area contributed by atoms with Crippen LogP contribution in [0.25, 0.3) is 10.2 Å². The quantitative estimate of drug-likeness (QED) is 0.535. The molecule has 1 unspecified atom stereocenters. The minimum atomic E-state index is 0.0348. The van der Waals surface area contributed by atoms with Crippen molar-refractivity contribution in [2.75, 3.05) is 12.3 Å². The Morgan fingerprint density at radius 3 is 2.96 bits per heavy atom. The normalized spacial score (nSPS) is 16.9. The van der Waals surface area contributed by atoms with Gasteiger partial charge in [-0.1, -0.05) is 49.0 Å². The summed E-state index contributed by atoms with van der Waals surface area (Å²) in [4.78, 5) is 24.0. The maximum atomic E-state index is 12.6. The van der Waals surface area contributed by atoms with E-state index in [-0.39, 0.29) is 5.56 Å². The maximum absolute atomic E-state index is 12.6. The second kappa shape index (κ2) is 7.32. The van der Waals surface area contributed by atoms with Crippen molar-refractivity contribution in [2.45, 2.75) is 38.0 Å². The highest BCUT2D eigenvalue weighted by Crippen LogP contribution is 2.30. The number of thiophene rings is 1. The summed E-state index contributed by atoms with van der Waals surface area (Å²) in [7, 11) is 0. The van der Waals surface area contributed by atoms with E-state index in [0.29, 0.717) is 0 Å². The van der Waals surface area contributed by atoms with Crippen LogP contribution < -0.4 is 10.5 Å². The predicted molar refractivity (Wildman–Crippen MR) is 105 cm³/mol. The molecule has 0 spiro atoms. The molecule has 0 radical (unpaired) electrons. The number of H-pyrrole nitrogens is 1. The molecule has 4 nitrogen and oxygen atoms in total. The van der Waals surface area contributed by atoms with Gasteiger partial charge in [-0.15, -0.1) is 11.3 Å². The molecule has 1 aliphatic rings. The van der Waals surface area contributed by atoms with Gasteiger partial charge in [0, 0.05) is 17.7 Å². The van der Waals surface area contributed by atoms with E-state index < -0.39 is 0 Å². The Morgan fingerprint density at radius 2 is 2.16 bits per heavy atom. The predicted octanol–water partition coefficient (Wildman–Crippen LogP) is 2.63. The van der Waals surface area contributed by atoms with E-state index in [0.717, 1.165) is 53.6 Å². The molecule has 1 aromatic carbocycles. The third-order valence-corrected chi connectivity index (χ3v) is 6.81. The molecule has 0 saturated carbocycles. The van der Waals surface area contributed by atoms with Crippen LogP contribution in [0.3, 0.4) is 0 Å². The van der Waals surface area contributed by atoms with Crippen LogP contribution in [0.5, 0.6) is 0 Å². The molecule has 2 N–H and O–H groups in total. The Morgan fingerprint density at radius 1 is 1.32 bits per heavy atom. The molecule has 0 fully saturated rings. The Balaban J connectivity index is 1.61. The third-order valence-electron chi connectivity index (χ3n) is 4.60. The Hall–Kier alpha value is -1.63. The molecule has 4 rings (SSSR count). The zero-order valence-electron chi connectivity index (χ0n) is 14.3. The van der Waals surface area contributed by atoms with Crippen molar-refractivity contribution in [3.8, 4) is 0 Å². The molecule has 0 bridgehead atoms. The van der Waals surface area contributed by atoms with Crippen molar-refractivity contribution < 1.29 is 4.90 Å². The van der Waals surface area contributed by atoms with Crippen LogP contribution >= 0.6 is 23.1 Å². The number of hydrogen-bond acceptors (Lipinski definition) is 4. The average molecular weight is 373 g/mol. The number of quaternary nitrogens is 1. The van der Waals surface area contributed by atoms with Crippen molar-refractivity contribution in [1.82, 2.24) is 9.97 Å². The van der Waals surface area contributed by atoms with Crippen LogP contribution in [-0.4, -0.2) is 22.3 Å². The largest absolute Gasteiger partial charge is 0.326 e. The van der Waals surface area contributed by atoms with E-state index in [2.05, 4.69) is 42.2 Å². The molecule has 0 saturated heterocycles. The Labute approximate surface area is 155 Å². The summed E-state index contributed by atoms with van der Waals surface area (Å²) in [6.45, 7) is 5.23. The van der Waals surface area contributed by atoms with Crippen LogP contribution in [0.1, 0.15) is 29.3 Å². The summed E-state index contributed by atoms with van der Waals surface area (Å²) in [5.41, 5.74) is 2.64. The number of hydrogen-bond donors (Lipinski definition) is 2. The first-order chi connectivity index (χ1) is 12.2. The average Bonchev–Trinajstić information content (AvgIpc) is 2.98. The Kier molecular flexibility index (Phi) is 4.92. The summed E-state index contributed by atoms with van der Waals surface area (Å²) in [5.74, 6) is 0.981. The zero-order valence-corrected chi connectivity index (χ0v) is 15.9. The van der Waals surface area contributed by atoms with Crippen LogP contribution in [0.2, 0.25) is 0 Å². The fraction of sp³-hybridized carbons (Fsp3) is 0.368. The molecule has 3 heterocycles. The lowest BCUT2D eigenvalue weighted by Gasteiger charge is -2.23. The van der Waals surface area contributed by atoms with Crippen molar-refractivity contribution in [1.29, 1.82) is 0 Å². The lowest BCUT2D eigenvalue weighted by atomic mass is 10.0. The van der Waals surface area contributed by atoms with Gasteiger partial charge in [-0.25, -0.2) is 4.98 Å². The van der Waals surface area contributed by atoms with E-state index >= 15 is 0 Å². The number of aromatic amines is 1. The minimum Gasteiger partial charge on any atom is -0.326 e. The lowest BCUT2D eigenvalue weighted by molar-refractivity contribution is -0.929. The fourth-order valence-corrected chi connectivity index (χ4v) is 5.49. The SMILES string of the molecule is CCCSc1nc2sc3c(c2c(=O)[nH]1)CC[NH+](Cc1ccccc1)C3. The van der Waals surface area contributed by atoms with Crippen LogP contribution in [0.4, 0.5) is 0 Å². The number of benzene rings is 1. The number of rotatable bonds is 5. The van der Waals surface area contributed by atoms with E-state index in [4.69, 9.17) is 4.98 Å². The van der Waals surface area contributed by atoms with Gasteiger partial charge in [0.25, 0.3) is 5.56 Å². The number of thioether (sulfide) groups is 1. The molecule has 0 aliphatic carbocycles. The molecule has 0 amide bonds. The van der Waals surface area contributed by atoms with Gasteiger partial charge in [0.2, 0.25) is 0 Å². The second-order valence-electron chi connectivity index (χ2n) is 6.49. The first-order valence-corrected chi connectivity index (χ1v) is 10.6. The van der Waals surface area contributed by atoms with E-state index in [1.165, 1.54) is 16.0 Å². The smallest absolute Gasteiger partial charge is 0.260 e. The van der Waals surface area contributed by atoms with Gasteiger partial charge in [0.15, 0.2) is 5.16 Å². The minimum absolute atomic E-state index is 0.0348. The highest BCUT2D eigenvalue weighted by atomic mass is 32.2. The monoisotopic (exact) mass is 372 g/mol. The highest BCUT2D eigenvalue weighted by Gasteiger charge is 2.26. The maximum Gasteiger partial charge on any atom is 0.260 e. The van der Waals surface area contributed by atoms with Crippen LogP contribution in [0, 0.1) is 0 Å². The molecular weight excluding hydrogens is 350 g/mol. The number of aromatic nitrogens is 2. The number of fused-ring (bicyclic) bond motifs is 3. The summed E-state index contributed by atoms with van der Waals surface area (Å²) in [6, 6.07) is 10.6. The van der Waals surface area contributed by atoms with Gasteiger partial charge in [-0.3, -0.25) is 4.79 Å². The molecule has 2 aromatic heterocycles. The van der Waals surface area contributed by atoms with Gasteiger partial charge < -0.3 is 9.88 Å². The van der Waals surface area contributed by atoms with E-state index in [1.807, 2.05) is 0 Å². The number of nitrogens with one attached hydrogen (secondary N) is 2. The van der Waals surface area contributed by atoms with Crippen LogP contribution in [-0.2, 0) is 19.5 Å². The van der Waals surface area contributed by atoms with Crippen molar-refractivity contribution in [3.05, 3.63) is 56.7 Å². The zero-order chi connectivity index (χ0) is 17.2. The van der Waals surface area contributed by atoms with Gasteiger partial charge >= 0.3 is 0 Å². The first-order valence-electron chi connectivity index (χ1n) is 8.79. The van der Waals surface area contributed by atoms with Crippen molar-refractivity contribution in [3.63, 3.8) is 0 Å². The van der Waals surface area contributed by atoms with Gasteiger partial charge in [0.05, 0.1) is 16.8 Å². The Bertz CT molecular complexity index is 933. The molecule has 130 valence electrons. The second-order valence-corrected chi connectivity index (χ2v) is 8.66. The number of nitrogens with zero attached hydrogens (tertiary/aromatic N) is 1. The van der Waals surface area contributed by atoms with E-state index in [9.17, 15) is 4.79 Å². The van der Waals surface area contributed by atoms with Crippen LogP contribution in [0.15, 0.2) is 40.3 Å². The fourth-order valence-electron chi connectivity index (χ4n) is 3.42. The van der Waals surface area contributed by atoms with Gasteiger partial charge in [0.1, 0.15) is 17.9 Å². The third kappa shape index (κ3) is 3.52. The highest BCUT2D eigenvalue weighted by molar-refractivity contribution is 7.99. The van der Waals surface area contributed by atoms with Gasteiger partial charge in [-0.05, 0) is 12.0 Å². The van der Waals surface area contributed by atoms with Crippen molar-refractivity contribution >= 4 is 33.3 Å². The summed E-state index contributed by atoms with van der Waals surface area (Å²) < 4.78 is 0. The standard InChI is InChI=1S/C19H21N3OS2/c1-2-10-24-19-20-17(23)16-14-8-9-22(11-13-6-4-3-5-7-13)12-15(14)25-18(16)21-19/h3-7H,2,8-12H2,1H3,(H,20,21,23)/p+1. The molecule has 25 heavy (non-hydrogen) atoms. The summed E-state index contributed by atoms with van der Waals surface area (Å²) in [6.07, 6.45) is 2.04. The first kappa shape index (κ1) is 16.8. The summed E-state index contributed by atoms with van der Waals surface area (Å²) in [5, 5.41) is 1.59. The lowest BCUT2D eigenvalue weighted by Crippen LogP contribution is -3.10. The molecule has 1 aliphatic heterocycles. The molecule has 3 aromatic rings. The van der Waals surface area contributed by atoms with Crippen molar-refractivity contribution in [2.24, 2.45) is 0 Å². The topological polar surface area (TPSA) is 50.2 Å².